The van der Waals surface area contributed by atoms with E-state index in [4.69, 9.17) is 4.98 Å². The van der Waals surface area contributed by atoms with Crippen LogP contribution in [0.5, 0.6) is 0 Å². The predicted octanol–water partition coefficient (Wildman–Crippen LogP) is 0.590. The summed E-state index contributed by atoms with van der Waals surface area (Å²) in [7, 11) is 3.18. The molecule has 0 spiro atoms. The molecular formula is C20H26N6O2. The molecule has 0 bridgehead atoms. The number of hydrogen-bond acceptors (Lipinski definition) is 5. The summed E-state index contributed by atoms with van der Waals surface area (Å²) in [5.74, 6) is 0.748. The molecule has 1 fully saturated rings. The van der Waals surface area contributed by atoms with E-state index in [1.165, 1.54) is 17.2 Å². The molecule has 1 aliphatic heterocycles. The first-order chi connectivity index (χ1) is 13.5. The van der Waals surface area contributed by atoms with E-state index < -0.39 is 0 Å². The molecule has 0 saturated carbocycles. The van der Waals surface area contributed by atoms with Gasteiger partial charge in [-0.05, 0) is 25.5 Å². The van der Waals surface area contributed by atoms with E-state index in [-0.39, 0.29) is 11.2 Å². The van der Waals surface area contributed by atoms with E-state index in [0.717, 1.165) is 48.7 Å². The first-order valence-corrected chi connectivity index (χ1v) is 9.65. The van der Waals surface area contributed by atoms with Crippen molar-refractivity contribution in [2.45, 2.75) is 19.9 Å². The highest BCUT2D eigenvalue weighted by molar-refractivity contribution is 5.74. The summed E-state index contributed by atoms with van der Waals surface area (Å²) < 4.78 is 4.58. The van der Waals surface area contributed by atoms with Gasteiger partial charge in [0.05, 0.1) is 6.54 Å². The maximum atomic E-state index is 13.0. The van der Waals surface area contributed by atoms with E-state index >= 15 is 0 Å². The molecule has 28 heavy (non-hydrogen) atoms. The fourth-order valence-electron chi connectivity index (χ4n) is 3.75. The van der Waals surface area contributed by atoms with Crippen LogP contribution in [0.4, 0.5) is 5.95 Å². The number of fused-ring (bicyclic) bond motifs is 1. The number of aryl methyl sites for hydroxylation is 2. The van der Waals surface area contributed by atoms with Crippen molar-refractivity contribution in [1.82, 2.24) is 24.0 Å². The summed E-state index contributed by atoms with van der Waals surface area (Å²) in [4.78, 5) is 32.4. The Bertz CT molecular complexity index is 1110. The van der Waals surface area contributed by atoms with E-state index in [2.05, 4.69) is 41.4 Å². The van der Waals surface area contributed by atoms with Crippen LogP contribution in [0.1, 0.15) is 17.5 Å². The van der Waals surface area contributed by atoms with Gasteiger partial charge >= 0.3 is 5.69 Å². The third-order valence-corrected chi connectivity index (χ3v) is 5.41. The van der Waals surface area contributed by atoms with E-state index in [0.29, 0.717) is 17.7 Å². The number of hydrogen-bond donors (Lipinski definition) is 1. The highest BCUT2D eigenvalue weighted by Crippen LogP contribution is 2.22. The fraction of sp³-hybridized carbons (Fsp3) is 0.450. The third-order valence-electron chi connectivity index (χ3n) is 5.41. The predicted molar refractivity (Wildman–Crippen MR) is 110 cm³/mol. The molecule has 0 aliphatic carbocycles. The number of nitrogens with one attached hydrogen (secondary N) is 1. The minimum atomic E-state index is -0.360. The molecule has 1 aromatic carbocycles. The number of benzene rings is 1. The van der Waals surface area contributed by atoms with Crippen LogP contribution in [0, 0.1) is 6.92 Å². The lowest BCUT2D eigenvalue weighted by Crippen LogP contribution is -2.37. The molecule has 0 radical (unpaired) electrons. The van der Waals surface area contributed by atoms with Crippen molar-refractivity contribution in [2.24, 2.45) is 14.1 Å². The van der Waals surface area contributed by atoms with Crippen LogP contribution in [0.3, 0.4) is 0 Å². The molecule has 1 N–H and O–H groups in total. The second kappa shape index (κ2) is 7.27. The maximum Gasteiger partial charge on any atom is 0.332 e. The minimum absolute atomic E-state index is 0.308. The number of rotatable bonds is 3. The Balaban J connectivity index is 1.94. The molecule has 1 saturated heterocycles. The van der Waals surface area contributed by atoms with Gasteiger partial charge in [-0.25, -0.2) is 4.79 Å². The van der Waals surface area contributed by atoms with Gasteiger partial charge in [0.25, 0.3) is 5.56 Å². The third kappa shape index (κ3) is 3.13. The lowest BCUT2D eigenvalue weighted by Gasteiger charge is -2.22. The Labute approximate surface area is 163 Å². The van der Waals surface area contributed by atoms with Crippen LogP contribution in [-0.2, 0) is 20.6 Å². The Morgan fingerprint density at radius 3 is 2.54 bits per heavy atom. The minimum Gasteiger partial charge on any atom is -0.341 e. The van der Waals surface area contributed by atoms with Crippen LogP contribution in [0.15, 0.2) is 33.9 Å². The standard InChI is InChI=1S/C20H26N6O2/c1-14-5-7-15(8-6-14)13-26-16-17(23(2)20(28)24(3)18(16)27)22-19(26)25-11-4-9-21-10-12-25/h5-8,21H,4,9-13H2,1-3H3. The zero-order valence-corrected chi connectivity index (χ0v) is 16.6. The molecule has 0 amide bonds. The van der Waals surface area contributed by atoms with Gasteiger partial charge in [0.1, 0.15) is 0 Å². The SMILES string of the molecule is Cc1ccc(Cn2c(N3CCCNCC3)nc3c2c(=O)n(C)c(=O)n3C)cc1. The molecule has 148 valence electrons. The average molecular weight is 382 g/mol. The molecule has 1 aliphatic rings. The highest BCUT2D eigenvalue weighted by Gasteiger charge is 2.23. The summed E-state index contributed by atoms with van der Waals surface area (Å²) in [6.07, 6.45) is 1.00. The number of nitrogens with zero attached hydrogens (tertiary/aromatic N) is 5. The van der Waals surface area contributed by atoms with Crippen molar-refractivity contribution in [3.05, 3.63) is 56.2 Å². The van der Waals surface area contributed by atoms with Gasteiger partial charge in [0.15, 0.2) is 11.2 Å². The van der Waals surface area contributed by atoms with E-state index in [1.54, 1.807) is 7.05 Å². The largest absolute Gasteiger partial charge is 0.341 e. The first-order valence-electron chi connectivity index (χ1n) is 9.65. The molecule has 3 aromatic rings. The molecule has 4 rings (SSSR count). The topological polar surface area (TPSA) is 77.1 Å². The summed E-state index contributed by atoms with van der Waals surface area (Å²) in [6.45, 7) is 6.09. The first kappa shape index (κ1) is 18.5. The lowest BCUT2D eigenvalue weighted by atomic mass is 10.1. The van der Waals surface area contributed by atoms with E-state index in [1.807, 2.05) is 4.57 Å². The van der Waals surface area contributed by atoms with Crippen molar-refractivity contribution < 1.29 is 0 Å². The smallest absolute Gasteiger partial charge is 0.332 e. The lowest BCUT2D eigenvalue weighted by molar-refractivity contribution is 0.699. The Morgan fingerprint density at radius 2 is 1.79 bits per heavy atom. The molecule has 3 heterocycles. The van der Waals surface area contributed by atoms with Crippen LogP contribution < -0.4 is 21.5 Å². The van der Waals surface area contributed by atoms with E-state index in [9.17, 15) is 9.59 Å². The van der Waals surface area contributed by atoms with Crippen molar-refractivity contribution in [3.63, 3.8) is 0 Å². The van der Waals surface area contributed by atoms with Gasteiger partial charge in [0, 0.05) is 33.7 Å². The average Bonchev–Trinajstić information content (AvgIpc) is 2.87. The van der Waals surface area contributed by atoms with Crippen LogP contribution in [-0.4, -0.2) is 44.9 Å². The molecular weight excluding hydrogens is 356 g/mol. The molecule has 2 aromatic heterocycles. The van der Waals surface area contributed by atoms with Crippen molar-refractivity contribution in [2.75, 3.05) is 31.1 Å². The normalized spacial score (nSPS) is 15.2. The summed E-state index contributed by atoms with van der Waals surface area (Å²) in [6, 6.07) is 8.28. The van der Waals surface area contributed by atoms with Crippen molar-refractivity contribution >= 4 is 17.1 Å². The zero-order valence-electron chi connectivity index (χ0n) is 16.6. The molecule has 8 heteroatoms. The van der Waals surface area contributed by atoms with Gasteiger partial charge < -0.3 is 10.2 Å². The zero-order chi connectivity index (χ0) is 19.8. The summed E-state index contributed by atoms with van der Waals surface area (Å²) >= 11 is 0. The number of aromatic nitrogens is 4. The Morgan fingerprint density at radius 1 is 1.04 bits per heavy atom. The number of anilines is 1. The van der Waals surface area contributed by atoms with Crippen LogP contribution in [0.25, 0.3) is 11.2 Å². The highest BCUT2D eigenvalue weighted by atomic mass is 16.2. The molecule has 8 nitrogen and oxygen atoms in total. The fourth-order valence-corrected chi connectivity index (χ4v) is 3.75. The molecule has 0 atom stereocenters. The van der Waals surface area contributed by atoms with Gasteiger partial charge in [-0.3, -0.25) is 18.5 Å². The Hall–Kier alpha value is -2.87. The summed E-state index contributed by atoms with van der Waals surface area (Å²) in [5, 5.41) is 3.40. The van der Waals surface area contributed by atoms with Gasteiger partial charge in [-0.2, -0.15) is 4.98 Å². The monoisotopic (exact) mass is 382 g/mol. The number of imidazole rings is 1. The second-order valence-electron chi connectivity index (χ2n) is 7.45. The molecule has 0 unspecified atom stereocenters. The Kier molecular flexibility index (Phi) is 4.80. The van der Waals surface area contributed by atoms with Crippen molar-refractivity contribution in [3.8, 4) is 0 Å². The maximum absolute atomic E-state index is 13.0. The summed E-state index contributed by atoms with van der Waals surface area (Å²) in [5.41, 5.74) is 2.52. The van der Waals surface area contributed by atoms with Gasteiger partial charge in [-0.1, -0.05) is 29.8 Å². The van der Waals surface area contributed by atoms with Gasteiger partial charge in [-0.15, -0.1) is 0 Å². The van der Waals surface area contributed by atoms with Gasteiger partial charge in [0.2, 0.25) is 5.95 Å². The van der Waals surface area contributed by atoms with Crippen molar-refractivity contribution in [1.29, 1.82) is 0 Å². The second-order valence-corrected chi connectivity index (χ2v) is 7.45. The van der Waals surface area contributed by atoms with Crippen LogP contribution in [0.2, 0.25) is 0 Å². The quantitative estimate of drug-likeness (QED) is 0.718. The van der Waals surface area contributed by atoms with Crippen LogP contribution >= 0.6 is 0 Å².